The second-order valence-corrected chi connectivity index (χ2v) is 8.40. The summed E-state index contributed by atoms with van der Waals surface area (Å²) >= 11 is 0. The highest BCUT2D eigenvalue weighted by Gasteiger charge is 2.28. The molecule has 0 atom stereocenters. The minimum Gasteiger partial charge on any atom is -0.0767 e. The number of hydrogen-bond donors (Lipinski definition) is 0. The Morgan fingerprint density at radius 1 is 0.545 bits per heavy atom. The molecule has 0 fully saturated rings. The molecule has 0 bridgehead atoms. The first-order valence-corrected chi connectivity index (χ1v) is 9.27. The van der Waals surface area contributed by atoms with Crippen LogP contribution in [0.1, 0.15) is 75.7 Å². The van der Waals surface area contributed by atoms with E-state index in [4.69, 9.17) is 0 Å². The van der Waals surface area contributed by atoms with Gasteiger partial charge in [-0.05, 0) is 58.3 Å². The van der Waals surface area contributed by atoms with Gasteiger partial charge in [-0.15, -0.1) is 0 Å². The van der Waals surface area contributed by atoms with Crippen LogP contribution >= 0.6 is 0 Å². The van der Waals surface area contributed by atoms with Crippen molar-refractivity contribution < 1.29 is 0 Å². The largest absolute Gasteiger partial charge is 0.0767 e. The Bertz CT molecular complexity index is 476. The molecule has 0 N–H and O–H groups in total. The highest BCUT2D eigenvalue weighted by atomic mass is 14.3. The Labute approximate surface area is 139 Å². The molecule has 0 aromatic heterocycles. The minimum absolute atomic E-state index is 0.587. The van der Waals surface area contributed by atoms with Crippen molar-refractivity contribution in [2.24, 2.45) is 29.6 Å². The monoisotopic (exact) mass is 302 g/mol. The normalized spacial score (nSPS) is 17.5. The van der Waals surface area contributed by atoms with E-state index in [0.29, 0.717) is 29.6 Å². The zero-order valence-corrected chi connectivity index (χ0v) is 16.7. The summed E-state index contributed by atoms with van der Waals surface area (Å²) in [5.41, 5.74) is 8.18. The molecule has 1 aliphatic carbocycles. The summed E-state index contributed by atoms with van der Waals surface area (Å²) in [4.78, 5) is 0. The molecule has 0 nitrogen and oxygen atoms in total. The SMILES string of the molecule is CC(C)C1=CCC(C(C)C)=C(C(C)C)C(C(C)C)=C1C(C)C. The van der Waals surface area contributed by atoms with E-state index in [9.17, 15) is 0 Å². The Kier molecular flexibility index (Phi) is 6.71. The highest BCUT2D eigenvalue weighted by molar-refractivity contribution is 5.53. The molecule has 1 aliphatic rings. The topological polar surface area (TPSA) is 0 Å². The van der Waals surface area contributed by atoms with Crippen molar-refractivity contribution in [2.75, 3.05) is 0 Å². The van der Waals surface area contributed by atoms with Crippen LogP contribution in [-0.4, -0.2) is 0 Å². The van der Waals surface area contributed by atoms with Gasteiger partial charge in [-0.1, -0.05) is 80.9 Å². The maximum Gasteiger partial charge on any atom is -0.0124 e. The van der Waals surface area contributed by atoms with Gasteiger partial charge < -0.3 is 0 Å². The fourth-order valence-electron chi connectivity index (χ4n) is 3.95. The molecule has 126 valence electrons. The standard InChI is InChI=1S/C22H38/c1-13(2)18-11-12-19(14(3)4)21(16(7)8)22(17(9)10)20(18)15(5)6/h11,13-17H,12H2,1-10H3. The summed E-state index contributed by atoms with van der Waals surface area (Å²) in [6, 6.07) is 0. The van der Waals surface area contributed by atoms with E-state index >= 15 is 0 Å². The predicted molar refractivity (Wildman–Crippen MR) is 101 cm³/mol. The first-order valence-electron chi connectivity index (χ1n) is 9.27. The van der Waals surface area contributed by atoms with Gasteiger partial charge in [0.05, 0.1) is 0 Å². The average molecular weight is 303 g/mol. The summed E-state index contributed by atoms with van der Waals surface area (Å²) in [5.74, 6) is 3.01. The molecule has 0 heteroatoms. The van der Waals surface area contributed by atoms with Gasteiger partial charge in [-0.2, -0.15) is 0 Å². The van der Waals surface area contributed by atoms with Gasteiger partial charge in [-0.25, -0.2) is 0 Å². The molecule has 1 rings (SSSR count). The molecule has 0 radical (unpaired) electrons. The van der Waals surface area contributed by atoms with Crippen molar-refractivity contribution in [3.05, 3.63) is 33.9 Å². The lowest BCUT2D eigenvalue weighted by Crippen LogP contribution is -2.15. The lowest BCUT2D eigenvalue weighted by atomic mass is 9.76. The molecular formula is C22H38. The third-order valence-electron chi connectivity index (χ3n) is 4.83. The van der Waals surface area contributed by atoms with E-state index in [1.165, 1.54) is 0 Å². The molecule has 0 aromatic rings. The Morgan fingerprint density at radius 3 is 1.32 bits per heavy atom. The molecular weight excluding hydrogens is 264 g/mol. The van der Waals surface area contributed by atoms with Crippen LogP contribution in [0.2, 0.25) is 0 Å². The van der Waals surface area contributed by atoms with Gasteiger partial charge in [0.2, 0.25) is 0 Å². The lowest BCUT2D eigenvalue weighted by Gasteiger charge is -2.29. The van der Waals surface area contributed by atoms with E-state index in [1.54, 1.807) is 27.9 Å². The number of hydrogen-bond acceptors (Lipinski definition) is 0. The summed E-state index contributed by atoms with van der Waals surface area (Å²) in [6.07, 6.45) is 3.66. The van der Waals surface area contributed by atoms with Crippen LogP contribution in [0.4, 0.5) is 0 Å². The van der Waals surface area contributed by atoms with Crippen molar-refractivity contribution in [1.29, 1.82) is 0 Å². The van der Waals surface area contributed by atoms with Gasteiger partial charge in [0.15, 0.2) is 0 Å². The molecule has 0 spiro atoms. The van der Waals surface area contributed by atoms with Crippen LogP contribution in [0.15, 0.2) is 33.9 Å². The van der Waals surface area contributed by atoms with Crippen LogP contribution in [-0.2, 0) is 0 Å². The molecule has 0 amide bonds. The molecule has 0 saturated heterocycles. The smallest absolute Gasteiger partial charge is 0.0124 e. The predicted octanol–water partition coefficient (Wildman–Crippen LogP) is 7.19. The minimum atomic E-state index is 0.587. The van der Waals surface area contributed by atoms with E-state index in [0.717, 1.165) is 6.42 Å². The number of allylic oxidation sites excluding steroid dienone is 6. The zero-order chi connectivity index (χ0) is 17.2. The fourth-order valence-corrected chi connectivity index (χ4v) is 3.95. The Hall–Kier alpha value is -0.780. The van der Waals surface area contributed by atoms with E-state index in [-0.39, 0.29) is 0 Å². The lowest BCUT2D eigenvalue weighted by molar-refractivity contribution is 0.628. The summed E-state index contributed by atoms with van der Waals surface area (Å²) in [6.45, 7) is 23.7. The first kappa shape index (κ1) is 19.3. The van der Waals surface area contributed by atoms with Crippen LogP contribution in [0, 0.1) is 29.6 Å². The summed E-state index contributed by atoms with van der Waals surface area (Å²) in [5, 5.41) is 0. The molecule has 22 heavy (non-hydrogen) atoms. The zero-order valence-electron chi connectivity index (χ0n) is 16.7. The van der Waals surface area contributed by atoms with Crippen LogP contribution in [0.5, 0.6) is 0 Å². The summed E-state index contributed by atoms with van der Waals surface area (Å²) in [7, 11) is 0. The van der Waals surface area contributed by atoms with Gasteiger partial charge in [-0.3, -0.25) is 0 Å². The second-order valence-electron chi connectivity index (χ2n) is 8.40. The van der Waals surface area contributed by atoms with Gasteiger partial charge >= 0.3 is 0 Å². The van der Waals surface area contributed by atoms with Crippen molar-refractivity contribution in [1.82, 2.24) is 0 Å². The van der Waals surface area contributed by atoms with Crippen molar-refractivity contribution >= 4 is 0 Å². The van der Waals surface area contributed by atoms with Crippen LogP contribution in [0.3, 0.4) is 0 Å². The van der Waals surface area contributed by atoms with E-state index < -0.39 is 0 Å². The highest BCUT2D eigenvalue weighted by Crippen LogP contribution is 2.43. The molecule has 0 aliphatic heterocycles. The third-order valence-corrected chi connectivity index (χ3v) is 4.83. The molecule has 0 unspecified atom stereocenters. The molecule has 0 heterocycles. The van der Waals surface area contributed by atoms with Crippen LogP contribution in [0.25, 0.3) is 0 Å². The van der Waals surface area contributed by atoms with Crippen molar-refractivity contribution in [3.63, 3.8) is 0 Å². The van der Waals surface area contributed by atoms with Gasteiger partial charge in [0.1, 0.15) is 0 Å². The Morgan fingerprint density at radius 2 is 1.00 bits per heavy atom. The third kappa shape index (κ3) is 3.94. The van der Waals surface area contributed by atoms with Gasteiger partial charge in [0, 0.05) is 0 Å². The van der Waals surface area contributed by atoms with Crippen LogP contribution < -0.4 is 0 Å². The average Bonchev–Trinajstić information content (AvgIpc) is 2.54. The van der Waals surface area contributed by atoms with Crippen molar-refractivity contribution in [2.45, 2.75) is 75.7 Å². The van der Waals surface area contributed by atoms with E-state index in [1.807, 2.05) is 0 Å². The van der Waals surface area contributed by atoms with Gasteiger partial charge in [0.25, 0.3) is 0 Å². The fraction of sp³-hybridized carbons (Fsp3) is 0.727. The van der Waals surface area contributed by atoms with E-state index in [2.05, 4.69) is 75.3 Å². The first-order chi connectivity index (χ1) is 10.1. The number of rotatable bonds is 5. The maximum atomic E-state index is 2.53. The summed E-state index contributed by atoms with van der Waals surface area (Å²) < 4.78 is 0. The van der Waals surface area contributed by atoms with Crippen molar-refractivity contribution in [3.8, 4) is 0 Å². The Balaban J connectivity index is 3.79. The second kappa shape index (κ2) is 7.66. The molecule has 0 saturated carbocycles. The molecule has 0 aromatic carbocycles. The maximum absolute atomic E-state index is 2.53. The quantitative estimate of drug-likeness (QED) is 0.504.